The van der Waals surface area contributed by atoms with Crippen LogP contribution in [0.1, 0.15) is 19.3 Å². The number of nitrogens with zero attached hydrogens (tertiary/aromatic N) is 1. The van der Waals surface area contributed by atoms with Gasteiger partial charge < -0.3 is 10.2 Å². The number of fused-ring (bicyclic) bond motifs is 1. The highest BCUT2D eigenvalue weighted by molar-refractivity contribution is 6.21. The van der Waals surface area contributed by atoms with Crippen molar-refractivity contribution in [3.8, 4) is 0 Å². The minimum atomic E-state index is 0.225. The Morgan fingerprint density at radius 2 is 2.00 bits per heavy atom. The van der Waals surface area contributed by atoms with Crippen LogP contribution in [0.25, 0.3) is 0 Å². The number of allylic oxidation sites excluding steroid dienone is 5. The lowest BCUT2D eigenvalue weighted by atomic mass is 9.84. The third-order valence-corrected chi connectivity index (χ3v) is 4.63. The van der Waals surface area contributed by atoms with Crippen molar-refractivity contribution in [2.24, 2.45) is 0 Å². The van der Waals surface area contributed by atoms with Crippen molar-refractivity contribution in [2.75, 3.05) is 10.2 Å². The Labute approximate surface area is 133 Å². The van der Waals surface area contributed by atoms with Gasteiger partial charge in [0.1, 0.15) is 14.0 Å². The highest BCUT2D eigenvalue weighted by atomic mass is 15.3. The van der Waals surface area contributed by atoms with Crippen molar-refractivity contribution < 1.29 is 0 Å². The van der Waals surface area contributed by atoms with E-state index in [4.69, 9.17) is 7.85 Å². The number of hydrogen-bond donors (Lipinski definition) is 1. The summed E-state index contributed by atoms with van der Waals surface area (Å²) in [7, 11) is 5.92. The largest absolute Gasteiger partial charge is 0.360 e. The molecule has 0 bridgehead atoms. The van der Waals surface area contributed by atoms with E-state index in [-0.39, 0.29) is 6.17 Å². The Balaban J connectivity index is 1.72. The van der Waals surface area contributed by atoms with Crippen molar-refractivity contribution in [1.29, 1.82) is 0 Å². The maximum absolute atomic E-state index is 5.92. The van der Waals surface area contributed by atoms with E-state index >= 15 is 0 Å². The highest BCUT2D eigenvalue weighted by Crippen LogP contribution is 2.40. The van der Waals surface area contributed by atoms with Crippen molar-refractivity contribution in [3.05, 3.63) is 71.8 Å². The molecule has 2 atom stereocenters. The van der Waals surface area contributed by atoms with Crippen LogP contribution in [0.15, 0.2) is 71.8 Å². The predicted molar refractivity (Wildman–Crippen MR) is 94.2 cm³/mol. The van der Waals surface area contributed by atoms with Gasteiger partial charge in [0.15, 0.2) is 0 Å². The second-order valence-corrected chi connectivity index (χ2v) is 6.07. The summed E-state index contributed by atoms with van der Waals surface area (Å²) < 4.78 is 0. The zero-order valence-corrected chi connectivity index (χ0v) is 12.6. The summed E-state index contributed by atoms with van der Waals surface area (Å²) in [6.07, 6.45) is 16.3. The smallest absolute Gasteiger partial charge is 0.122 e. The van der Waals surface area contributed by atoms with Crippen molar-refractivity contribution in [3.63, 3.8) is 0 Å². The standard InChI is InChI=1S/C19H19BN2/c20-15-12-10-14(11-13-15)19-21-17-8-4-5-9-18(17)22(19)16-6-2-1-3-7-16/h1-6,8-10,12,16,19,21H,7,11,13H2. The second-order valence-electron chi connectivity index (χ2n) is 6.07. The molecule has 2 radical (unpaired) electrons. The van der Waals surface area contributed by atoms with Crippen LogP contribution >= 0.6 is 0 Å². The van der Waals surface area contributed by atoms with Gasteiger partial charge in [0.2, 0.25) is 0 Å². The average Bonchev–Trinajstić information content (AvgIpc) is 2.96. The molecule has 0 saturated carbocycles. The Morgan fingerprint density at radius 3 is 2.77 bits per heavy atom. The summed E-state index contributed by atoms with van der Waals surface area (Å²) in [5.74, 6) is 0. The minimum Gasteiger partial charge on any atom is -0.360 e. The van der Waals surface area contributed by atoms with Crippen LogP contribution in [0.3, 0.4) is 0 Å². The minimum absolute atomic E-state index is 0.225. The molecule has 1 heterocycles. The summed E-state index contributed by atoms with van der Waals surface area (Å²) in [6.45, 7) is 0. The lowest BCUT2D eigenvalue weighted by Gasteiger charge is -2.35. The van der Waals surface area contributed by atoms with Crippen LogP contribution in [0, 0.1) is 0 Å². The van der Waals surface area contributed by atoms with E-state index in [9.17, 15) is 0 Å². The molecule has 0 spiro atoms. The molecule has 0 aromatic heterocycles. The van der Waals surface area contributed by atoms with E-state index < -0.39 is 0 Å². The first kappa shape index (κ1) is 13.5. The molecule has 3 heteroatoms. The first-order valence-electron chi connectivity index (χ1n) is 7.95. The van der Waals surface area contributed by atoms with Crippen molar-refractivity contribution >= 4 is 19.2 Å². The third-order valence-electron chi connectivity index (χ3n) is 4.63. The molecular formula is C19H19BN2. The van der Waals surface area contributed by atoms with Crippen LogP contribution < -0.4 is 10.2 Å². The monoisotopic (exact) mass is 286 g/mol. The highest BCUT2D eigenvalue weighted by Gasteiger charge is 2.34. The van der Waals surface area contributed by atoms with E-state index in [0.717, 1.165) is 24.7 Å². The van der Waals surface area contributed by atoms with Crippen LogP contribution in [-0.2, 0) is 0 Å². The van der Waals surface area contributed by atoms with Crippen LogP contribution in [0.2, 0.25) is 0 Å². The van der Waals surface area contributed by atoms with Gasteiger partial charge in [0, 0.05) is 0 Å². The normalized spacial score (nSPS) is 26.3. The van der Waals surface area contributed by atoms with Gasteiger partial charge in [-0.3, -0.25) is 0 Å². The van der Waals surface area contributed by atoms with Gasteiger partial charge in [-0.2, -0.15) is 0 Å². The molecule has 108 valence electrons. The molecule has 2 nitrogen and oxygen atoms in total. The molecule has 3 aliphatic rings. The van der Waals surface area contributed by atoms with Crippen molar-refractivity contribution in [1.82, 2.24) is 0 Å². The average molecular weight is 286 g/mol. The quantitative estimate of drug-likeness (QED) is 0.829. The number of rotatable bonds is 2. The zero-order chi connectivity index (χ0) is 14.9. The molecule has 2 unspecified atom stereocenters. The topological polar surface area (TPSA) is 15.3 Å². The maximum atomic E-state index is 5.92. The maximum Gasteiger partial charge on any atom is 0.122 e. The predicted octanol–water partition coefficient (Wildman–Crippen LogP) is 3.90. The van der Waals surface area contributed by atoms with Gasteiger partial charge in [-0.1, -0.05) is 48.6 Å². The number of benzene rings is 1. The molecule has 1 aromatic rings. The fraction of sp³-hybridized carbons (Fsp3) is 0.263. The second kappa shape index (κ2) is 5.56. The first-order chi connectivity index (χ1) is 10.8. The third kappa shape index (κ3) is 2.31. The van der Waals surface area contributed by atoms with E-state index in [2.05, 4.69) is 70.9 Å². The molecule has 22 heavy (non-hydrogen) atoms. The molecular weight excluding hydrogens is 267 g/mol. The summed E-state index contributed by atoms with van der Waals surface area (Å²) >= 11 is 0. The lowest BCUT2D eigenvalue weighted by Crippen LogP contribution is -2.44. The number of anilines is 2. The first-order valence-corrected chi connectivity index (χ1v) is 7.95. The molecule has 0 fully saturated rings. The molecule has 1 N–H and O–H groups in total. The molecule has 1 aromatic carbocycles. The van der Waals surface area contributed by atoms with Gasteiger partial charge in [0.25, 0.3) is 0 Å². The number of hydrogen-bond acceptors (Lipinski definition) is 2. The van der Waals surface area contributed by atoms with Crippen LogP contribution in [0.4, 0.5) is 11.4 Å². The van der Waals surface area contributed by atoms with Gasteiger partial charge in [-0.25, -0.2) is 0 Å². The SMILES string of the molecule is [B]C1=CC=C(C2Nc3ccccc3N2C2C=CC=CC2)CC1. The van der Waals surface area contributed by atoms with E-state index in [1.54, 1.807) is 0 Å². The molecule has 4 rings (SSSR count). The van der Waals surface area contributed by atoms with Crippen molar-refractivity contribution in [2.45, 2.75) is 31.5 Å². The van der Waals surface area contributed by atoms with Gasteiger partial charge in [0.05, 0.1) is 17.4 Å². The Bertz CT molecular complexity index is 699. The summed E-state index contributed by atoms with van der Waals surface area (Å²) in [5, 5.41) is 3.70. The zero-order valence-electron chi connectivity index (χ0n) is 12.6. The van der Waals surface area contributed by atoms with E-state index in [1.807, 2.05) is 0 Å². The molecule has 1 aliphatic heterocycles. The number of para-hydroxylation sites is 2. The summed E-state index contributed by atoms with van der Waals surface area (Å²) in [4.78, 5) is 2.51. The molecule has 0 amide bonds. The van der Waals surface area contributed by atoms with Gasteiger partial charge in [-0.05, 0) is 37.0 Å². The fourth-order valence-corrected chi connectivity index (χ4v) is 3.49. The summed E-state index contributed by atoms with van der Waals surface area (Å²) in [6, 6.07) is 8.98. The Morgan fingerprint density at radius 1 is 1.09 bits per heavy atom. The van der Waals surface area contributed by atoms with Crippen LogP contribution in [0.5, 0.6) is 0 Å². The fourth-order valence-electron chi connectivity index (χ4n) is 3.49. The van der Waals surface area contributed by atoms with Crippen LogP contribution in [-0.4, -0.2) is 20.1 Å². The molecule has 2 aliphatic carbocycles. The summed E-state index contributed by atoms with van der Waals surface area (Å²) in [5.41, 5.74) is 4.90. The lowest BCUT2D eigenvalue weighted by molar-refractivity contribution is 0.638. The Kier molecular flexibility index (Phi) is 3.41. The number of nitrogens with one attached hydrogen (secondary N) is 1. The molecule has 0 saturated heterocycles. The van der Waals surface area contributed by atoms with Gasteiger partial charge >= 0.3 is 0 Å². The van der Waals surface area contributed by atoms with Gasteiger partial charge in [-0.15, -0.1) is 5.47 Å². The van der Waals surface area contributed by atoms with E-state index in [0.29, 0.717) is 6.04 Å². The van der Waals surface area contributed by atoms with E-state index in [1.165, 1.54) is 16.9 Å². The Hall–Kier alpha value is -2.16.